The Hall–Kier alpha value is -1.68. The average molecular weight is 231 g/mol. The molecule has 0 atom stereocenters. The van der Waals surface area contributed by atoms with Crippen LogP contribution in [-0.2, 0) is 13.1 Å². The zero-order valence-corrected chi connectivity index (χ0v) is 10.2. The topological polar surface area (TPSA) is 51.0 Å². The molecule has 0 radical (unpaired) electrons. The largest absolute Gasteiger partial charge is 0.343 e. The zero-order chi connectivity index (χ0) is 12.1. The minimum absolute atomic E-state index is 0.580. The predicted molar refractivity (Wildman–Crippen MR) is 65.4 cm³/mol. The first-order valence-electron chi connectivity index (χ1n) is 5.80. The quantitative estimate of drug-likeness (QED) is 0.859. The van der Waals surface area contributed by atoms with E-state index in [-0.39, 0.29) is 0 Å². The molecule has 0 aliphatic rings. The Bertz CT molecular complexity index is 434. The molecule has 2 aromatic rings. The van der Waals surface area contributed by atoms with Crippen molar-refractivity contribution in [2.45, 2.75) is 32.9 Å². The van der Waals surface area contributed by atoms with Crippen molar-refractivity contribution in [3.05, 3.63) is 47.6 Å². The van der Waals surface area contributed by atoms with Gasteiger partial charge in [0.15, 0.2) is 5.82 Å². The van der Waals surface area contributed by atoms with E-state index in [9.17, 15) is 0 Å². The molecule has 0 spiro atoms. The molecule has 0 bridgehead atoms. The van der Waals surface area contributed by atoms with Gasteiger partial charge in [-0.15, -0.1) is 0 Å². The third-order valence-corrected chi connectivity index (χ3v) is 2.67. The van der Waals surface area contributed by atoms with Gasteiger partial charge in [-0.25, -0.2) is 0 Å². The van der Waals surface area contributed by atoms with Gasteiger partial charge in [-0.2, -0.15) is 4.98 Å². The van der Waals surface area contributed by atoms with Gasteiger partial charge in [-0.05, 0) is 17.0 Å². The molecule has 1 aromatic carbocycles. The third-order valence-electron chi connectivity index (χ3n) is 2.67. The Morgan fingerprint density at radius 1 is 1.18 bits per heavy atom. The van der Waals surface area contributed by atoms with Crippen molar-refractivity contribution < 1.29 is 4.52 Å². The summed E-state index contributed by atoms with van der Waals surface area (Å²) in [7, 11) is 0. The van der Waals surface area contributed by atoms with Crippen LogP contribution in [0.5, 0.6) is 0 Å². The van der Waals surface area contributed by atoms with Crippen molar-refractivity contribution in [3.8, 4) is 0 Å². The van der Waals surface area contributed by atoms with Gasteiger partial charge in [0, 0.05) is 6.54 Å². The van der Waals surface area contributed by atoms with E-state index in [0.29, 0.717) is 18.3 Å². The Kier molecular flexibility index (Phi) is 3.88. The molecule has 1 aromatic heterocycles. The van der Waals surface area contributed by atoms with Crippen molar-refractivity contribution in [1.82, 2.24) is 15.5 Å². The van der Waals surface area contributed by atoms with Crippen LogP contribution < -0.4 is 5.32 Å². The first-order chi connectivity index (χ1) is 8.25. The summed E-state index contributed by atoms with van der Waals surface area (Å²) in [5.41, 5.74) is 2.63. The molecule has 0 saturated carbocycles. The van der Waals surface area contributed by atoms with E-state index in [1.54, 1.807) is 0 Å². The van der Waals surface area contributed by atoms with Gasteiger partial charge in [-0.3, -0.25) is 0 Å². The van der Waals surface area contributed by atoms with Gasteiger partial charge in [0.25, 0.3) is 0 Å². The van der Waals surface area contributed by atoms with Gasteiger partial charge in [0.2, 0.25) is 6.39 Å². The summed E-state index contributed by atoms with van der Waals surface area (Å²) in [4.78, 5) is 3.94. The molecule has 4 nitrogen and oxygen atoms in total. The lowest BCUT2D eigenvalue weighted by Gasteiger charge is -2.07. The number of hydrogen-bond acceptors (Lipinski definition) is 4. The molecule has 0 aliphatic carbocycles. The summed E-state index contributed by atoms with van der Waals surface area (Å²) in [6.07, 6.45) is 1.34. The van der Waals surface area contributed by atoms with Crippen molar-refractivity contribution >= 4 is 0 Å². The monoisotopic (exact) mass is 231 g/mol. The summed E-state index contributed by atoms with van der Waals surface area (Å²) in [6, 6.07) is 8.66. The molecule has 2 rings (SSSR count). The van der Waals surface area contributed by atoms with Crippen molar-refractivity contribution in [3.63, 3.8) is 0 Å². The molecule has 0 fully saturated rings. The number of rotatable bonds is 5. The van der Waals surface area contributed by atoms with E-state index in [0.717, 1.165) is 6.54 Å². The van der Waals surface area contributed by atoms with E-state index < -0.39 is 0 Å². The van der Waals surface area contributed by atoms with Crippen LogP contribution in [0.4, 0.5) is 0 Å². The fourth-order valence-electron chi connectivity index (χ4n) is 1.61. The second-order valence-corrected chi connectivity index (χ2v) is 4.35. The SMILES string of the molecule is CC(C)c1ccc(CNCc2ncon2)cc1. The Balaban J connectivity index is 1.83. The van der Waals surface area contributed by atoms with Gasteiger partial charge < -0.3 is 9.84 Å². The second kappa shape index (κ2) is 5.59. The fraction of sp³-hybridized carbons (Fsp3) is 0.385. The maximum atomic E-state index is 4.66. The minimum Gasteiger partial charge on any atom is -0.343 e. The lowest BCUT2D eigenvalue weighted by molar-refractivity contribution is 0.407. The zero-order valence-electron chi connectivity index (χ0n) is 10.2. The van der Waals surface area contributed by atoms with Crippen LogP contribution in [0.3, 0.4) is 0 Å². The van der Waals surface area contributed by atoms with E-state index in [1.807, 2.05) is 0 Å². The Morgan fingerprint density at radius 3 is 2.53 bits per heavy atom. The molecule has 1 N–H and O–H groups in total. The molecule has 0 saturated heterocycles. The summed E-state index contributed by atoms with van der Waals surface area (Å²) >= 11 is 0. The number of nitrogens with one attached hydrogen (secondary N) is 1. The van der Waals surface area contributed by atoms with Crippen LogP contribution in [0.1, 0.15) is 36.7 Å². The van der Waals surface area contributed by atoms with E-state index in [1.165, 1.54) is 17.5 Å². The molecule has 1 heterocycles. The molecule has 0 amide bonds. The lowest BCUT2D eigenvalue weighted by atomic mass is 10.0. The highest BCUT2D eigenvalue weighted by atomic mass is 16.5. The standard InChI is InChI=1S/C13H17N3O/c1-10(2)12-5-3-11(4-6-12)7-14-8-13-15-9-17-16-13/h3-6,9-10,14H,7-8H2,1-2H3. The second-order valence-electron chi connectivity index (χ2n) is 4.35. The van der Waals surface area contributed by atoms with E-state index in [2.05, 4.69) is 58.1 Å². The highest BCUT2D eigenvalue weighted by Crippen LogP contribution is 2.14. The first-order valence-corrected chi connectivity index (χ1v) is 5.80. The van der Waals surface area contributed by atoms with Crippen LogP contribution in [0, 0.1) is 0 Å². The average Bonchev–Trinajstić information content (AvgIpc) is 2.83. The Morgan fingerprint density at radius 2 is 1.94 bits per heavy atom. The maximum Gasteiger partial charge on any atom is 0.213 e. The van der Waals surface area contributed by atoms with Crippen molar-refractivity contribution in [2.24, 2.45) is 0 Å². The van der Waals surface area contributed by atoms with Gasteiger partial charge in [0.05, 0.1) is 6.54 Å². The van der Waals surface area contributed by atoms with Crippen molar-refractivity contribution in [2.75, 3.05) is 0 Å². The normalized spacial score (nSPS) is 11.0. The molecule has 4 heteroatoms. The van der Waals surface area contributed by atoms with Gasteiger partial charge in [-0.1, -0.05) is 43.3 Å². The maximum absolute atomic E-state index is 4.66. The summed E-state index contributed by atoms with van der Waals surface area (Å²) in [5, 5.41) is 7.00. The van der Waals surface area contributed by atoms with Crippen LogP contribution in [-0.4, -0.2) is 10.1 Å². The van der Waals surface area contributed by atoms with Crippen LogP contribution in [0.15, 0.2) is 35.2 Å². The van der Waals surface area contributed by atoms with Crippen LogP contribution >= 0.6 is 0 Å². The number of aromatic nitrogens is 2. The smallest absolute Gasteiger partial charge is 0.213 e. The minimum atomic E-state index is 0.580. The lowest BCUT2D eigenvalue weighted by Crippen LogP contribution is -2.13. The fourth-order valence-corrected chi connectivity index (χ4v) is 1.61. The molecule has 17 heavy (non-hydrogen) atoms. The van der Waals surface area contributed by atoms with E-state index in [4.69, 9.17) is 0 Å². The van der Waals surface area contributed by atoms with E-state index >= 15 is 0 Å². The summed E-state index contributed by atoms with van der Waals surface area (Å²) < 4.78 is 4.66. The number of benzene rings is 1. The van der Waals surface area contributed by atoms with Crippen LogP contribution in [0.25, 0.3) is 0 Å². The summed E-state index contributed by atoms with van der Waals surface area (Å²) in [6.45, 7) is 5.84. The number of hydrogen-bond donors (Lipinski definition) is 1. The molecular weight excluding hydrogens is 214 g/mol. The van der Waals surface area contributed by atoms with Gasteiger partial charge >= 0.3 is 0 Å². The number of nitrogens with zero attached hydrogens (tertiary/aromatic N) is 2. The van der Waals surface area contributed by atoms with Crippen molar-refractivity contribution in [1.29, 1.82) is 0 Å². The molecule has 0 unspecified atom stereocenters. The molecule has 90 valence electrons. The molecular formula is C13H17N3O. The highest BCUT2D eigenvalue weighted by Gasteiger charge is 2.00. The third kappa shape index (κ3) is 3.39. The summed E-state index contributed by atoms with van der Waals surface area (Å²) in [5.74, 6) is 1.26. The predicted octanol–water partition coefficient (Wildman–Crippen LogP) is 2.48. The Labute approximate surface area is 101 Å². The first kappa shape index (κ1) is 11.8. The molecule has 0 aliphatic heterocycles. The van der Waals surface area contributed by atoms with Crippen LogP contribution in [0.2, 0.25) is 0 Å². The van der Waals surface area contributed by atoms with Gasteiger partial charge in [0.1, 0.15) is 0 Å². The highest BCUT2D eigenvalue weighted by molar-refractivity contribution is 5.24.